The lowest BCUT2D eigenvalue weighted by Crippen LogP contribution is -2.21. The molecule has 0 aliphatic heterocycles. The first-order chi connectivity index (χ1) is 15.5. The zero-order valence-electron chi connectivity index (χ0n) is 17.7. The summed E-state index contributed by atoms with van der Waals surface area (Å²) < 4.78 is 43.9. The number of alkyl halides is 3. The van der Waals surface area contributed by atoms with Crippen molar-refractivity contribution in [2.45, 2.75) is 20.0 Å². The number of carbonyl (C=O) groups is 2. The first kappa shape index (κ1) is 24.1. The molecular weight excluding hydrogens is 457 g/mol. The molecule has 0 radical (unpaired) electrons. The van der Waals surface area contributed by atoms with E-state index in [1.54, 1.807) is 0 Å². The molecule has 172 valence electrons. The second-order valence-electron chi connectivity index (χ2n) is 7.33. The summed E-state index contributed by atoms with van der Waals surface area (Å²) in [7, 11) is 0. The molecule has 0 aromatic heterocycles. The molecule has 0 spiro atoms. The topological polar surface area (TPSA) is 67.4 Å². The van der Waals surface area contributed by atoms with Gasteiger partial charge in [-0.1, -0.05) is 29.3 Å². The Labute approximate surface area is 193 Å². The van der Waals surface area contributed by atoms with Gasteiger partial charge in [0.05, 0.1) is 16.3 Å². The second-order valence-corrected chi connectivity index (χ2v) is 7.73. The fraction of sp³-hybridized carbons (Fsp3) is 0.167. The van der Waals surface area contributed by atoms with Crippen LogP contribution in [0.25, 0.3) is 0 Å². The number of amides is 2. The van der Waals surface area contributed by atoms with Gasteiger partial charge in [0.15, 0.2) is 6.61 Å². The van der Waals surface area contributed by atoms with Crippen LogP contribution in [0.1, 0.15) is 27.0 Å². The Balaban J connectivity index is 1.57. The number of hydrogen-bond donors (Lipinski definition) is 2. The van der Waals surface area contributed by atoms with Gasteiger partial charge in [-0.05, 0) is 67.9 Å². The van der Waals surface area contributed by atoms with Crippen molar-refractivity contribution in [3.8, 4) is 5.75 Å². The van der Waals surface area contributed by atoms with Gasteiger partial charge >= 0.3 is 6.18 Å². The van der Waals surface area contributed by atoms with Gasteiger partial charge in [-0.15, -0.1) is 0 Å². The van der Waals surface area contributed by atoms with Gasteiger partial charge in [-0.3, -0.25) is 9.59 Å². The van der Waals surface area contributed by atoms with Gasteiger partial charge in [0.25, 0.3) is 11.8 Å². The smallest absolute Gasteiger partial charge is 0.416 e. The number of halogens is 4. The molecule has 3 aromatic rings. The zero-order valence-corrected chi connectivity index (χ0v) is 18.5. The van der Waals surface area contributed by atoms with Crippen molar-refractivity contribution in [2.24, 2.45) is 0 Å². The second kappa shape index (κ2) is 9.95. The molecular formula is C24H20ClF3N2O3. The highest BCUT2D eigenvalue weighted by atomic mass is 35.5. The lowest BCUT2D eigenvalue weighted by molar-refractivity contribution is -0.137. The summed E-state index contributed by atoms with van der Waals surface area (Å²) in [6.07, 6.45) is -4.56. The summed E-state index contributed by atoms with van der Waals surface area (Å²) in [6, 6.07) is 14.4. The Bertz CT molecular complexity index is 1180. The van der Waals surface area contributed by atoms with Gasteiger partial charge in [-0.25, -0.2) is 0 Å². The number of aryl methyl sites for hydroxylation is 2. The monoisotopic (exact) mass is 476 g/mol. The molecule has 0 fully saturated rings. The van der Waals surface area contributed by atoms with E-state index in [1.165, 1.54) is 24.3 Å². The molecule has 0 heterocycles. The molecule has 3 rings (SSSR count). The fourth-order valence-corrected chi connectivity index (χ4v) is 3.15. The maximum Gasteiger partial charge on any atom is 0.416 e. The molecule has 9 heteroatoms. The van der Waals surface area contributed by atoms with Crippen LogP contribution in [0.2, 0.25) is 5.02 Å². The van der Waals surface area contributed by atoms with E-state index in [0.29, 0.717) is 17.0 Å². The van der Waals surface area contributed by atoms with Crippen LogP contribution in [0.4, 0.5) is 24.5 Å². The molecule has 5 nitrogen and oxygen atoms in total. The molecule has 0 bridgehead atoms. The van der Waals surface area contributed by atoms with Gasteiger partial charge in [0, 0.05) is 11.3 Å². The summed E-state index contributed by atoms with van der Waals surface area (Å²) in [5.74, 6) is -0.679. The minimum atomic E-state index is -4.56. The Morgan fingerprint density at radius 3 is 2.24 bits per heavy atom. The van der Waals surface area contributed by atoms with E-state index in [4.69, 9.17) is 16.3 Å². The normalized spacial score (nSPS) is 11.1. The summed E-state index contributed by atoms with van der Waals surface area (Å²) in [6.45, 7) is 3.41. The van der Waals surface area contributed by atoms with Crippen molar-refractivity contribution < 1.29 is 27.5 Å². The lowest BCUT2D eigenvalue weighted by atomic mass is 10.1. The fourth-order valence-electron chi connectivity index (χ4n) is 2.98. The highest BCUT2D eigenvalue weighted by Crippen LogP contribution is 2.33. The number of hydrogen-bond acceptors (Lipinski definition) is 3. The van der Waals surface area contributed by atoms with E-state index >= 15 is 0 Å². The van der Waals surface area contributed by atoms with Crippen LogP contribution in [0, 0.1) is 13.8 Å². The molecule has 0 saturated heterocycles. The minimum absolute atomic E-state index is 0.0319. The van der Waals surface area contributed by atoms with Crippen molar-refractivity contribution in [2.75, 3.05) is 17.2 Å². The Morgan fingerprint density at radius 2 is 1.61 bits per heavy atom. The third-order valence-electron chi connectivity index (χ3n) is 4.68. The standard InChI is InChI=1S/C24H20ClF3N2O3/c1-14-3-10-20(15(2)11-14)30-23(32)16-4-7-18(8-5-16)33-13-22(31)29-21-12-17(24(26,27)28)6-9-19(21)25/h3-12H,13H2,1-2H3,(H,29,31)(H,30,32). The summed E-state index contributed by atoms with van der Waals surface area (Å²) in [5.41, 5.74) is 2.02. The van der Waals surface area contributed by atoms with Crippen LogP contribution in [0.15, 0.2) is 60.7 Å². The van der Waals surface area contributed by atoms with E-state index in [0.717, 1.165) is 29.3 Å². The first-order valence-corrected chi connectivity index (χ1v) is 10.2. The molecule has 0 aliphatic carbocycles. The quantitative estimate of drug-likeness (QED) is 0.442. The SMILES string of the molecule is Cc1ccc(NC(=O)c2ccc(OCC(=O)Nc3cc(C(F)(F)F)ccc3Cl)cc2)c(C)c1. The summed E-state index contributed by atoms with van der Waals surface area (Å²) >= 11 is 5.87. The van der Waals surface area contributed by atoms with Crippen molar-refractivity contribution in [1.82, 2.24) is 0 Å². The van der Waals surface area contributed by atoms with Crippen LogP contribution in [-0.4, -0.2) is 18.4 Å². The number of nitrogens with one attached hydrogen (secondary N) is 2. The van der Waals surface area contributed by atoms with E-state index in [2.05, 4.69) is 10.6 Å². The lowest BCUT2D eigenvalue weighted by Gasteiger charge is -2.12. The molecule has 0 unspecified atom stereocenters. The molecule has 0 aliphatic rings. The highest BCUT2D eigenvalue weighted by molar-refractivity contribution is 6.33. The van der Waals surface area contributed by atoms with Gasteiger partial charge in [0.2, 0.25) is 0 Å². The largest absolute Gasteiger partial charge is 0.484 e. The predicted octanol–water partition coefficient (Wildman–Crippen LogP) is 6.25. The molecule has 33 heavy (non-hydrogen) atoms. The highest BCUT2D eigenvalue weighted by Gasteiger charge is 2.31. The van der Waals surface area contributed by atoms with Crippen molar-refractivity contribution in [1.29, 1.82) is 0 Å². The maximum atomic E-state index is 12.8. The Morgan fingerprint density at radius 1 is 0.909 bits per heavy atom. The minimum Gasteiger partial charge on any atom is -0.484 e. The first-order valence-electron chi connectivity index (χ1n) is 9.81. The van der Waals surface area contributed by atoms with Crippen molar-refractivity contribution >= 4 is 34.8 Å². The molecule has 2 amide bonds. The van der Waals surface area contributed by atoms with Crippen molar-refractivity contribution in [3.05, 3.63) is 87.9 Å². The van der Waals surface area contributed by atoms with Crippen LogP contribution in [0.5, 0.6) is 5.75 Å². The number of anilines is 2. The van der Waals surface area contributed by atoms with Gasteiger partial charge in [0.1, 0.15) is 5.75 Å². The molecule has 2 N–H and O–H groups in total. The number of benzene rings is 3. The van der Waals surface area contributed by atoms with Crippen LogP contribution in [-0.2, 0) is 11.0 Å². The maximum absolute atomic E-state index is 12.8. The van der Waals surface area contributed by atoms with Crippen LogP contribution in [0.3, 0.4) is 0 Å². The Hall–Kier alpha value is -3.52. The van der Waals surface area contributed by atoms with Gasteiger partial charge < -0.3 is 15.4 Å². The number of carbonyl (C=O) groups excluding carboxylic acids is 2. The Kier molecular flexibility index (Phi) is 7.28. The third kappa shape index (κ3) is 6.49. The van der Waals surface area contributed by atoms with E-state index in [1.807, 2.05) is 32.0 Å². The summed E-state index contributed by atoms with van der Waals surface area (Å²) in [4.78, 5) is 24.5. The molecule has 0 atom stereocenters. The molecule has 3 aromatic carbocycles. The average molecular weight is 477 g/mol. The summed E-state index contributed by atoms with van der Waals surface area (Å²) in [5, 5.41) is 5.10. The van der Waals surface area contributed by atoms with Crippen LogP contribution >= 0.6 is 11.6 Å². The third-order valence-corrected chi connectivity index (χ3v) is 5.01. The molecule has 0 saturated carbocycles. The number of rotatable bonds is 6. The van der Waals surface area contributed by atoms with Crippen molar-refractivity contribution in [3.63, 3.8) is 0 Å². The van der Waals surface area contributed by atoms with E-state index in [-0.39, 0.29) is 16.6 Å². The zero-order chi connectivity index (χ0) is 24.2. The number of ether oxygens (including phenoxy) is 1. The predicted molar refractivity (Wildman–Crippen MR) is 121 cm³/mol. The van der Waals surface area contributed by atoms with Gasteiger partial charge in [-0.2, -0.15) is 13.2 Å². The van der Waals surface area contributed by atoms with E-state index in [9.17, 15) is 22.8 Å². The van der Waals surface area contributed by atoms with Crippen LogP contribution < -0.4 is 15.4 Å². The van der Waals surface area contributed by atoms with E-state index < -0.39 is 24.3 Å². The average Bonchev–Trinajstić information content (AvgIpc) is 2.75.